The average Bonchev–Trinajstić information content (AvgIpc) is 3.35. The summed E-state index contributed by atoms with van der Waals surface area (Å²) in [7, 11) is 0. The number of benzene rings is 1. The van der Waals surface area contributed by atoms with Crippen molar-refractivity contribution in [3.63, 3.8) is 0 Å². The van der Waals surface area contributed by atoms with Crippen LogP contribution in [0.5, 0.6) is 0 Å². The molecule has 2 fully saturated rings. The Kier molecular flexibility index (Phi) is 5.25. The number of carbonyl (C=O) groups excluding carboxylic acids is 1. The van der Waals surface area contributed by atoms with Gasteiger partial charge in [0.05, 0.1) is 12.6 Å². The van der Waals surface area contributed by atoms with Crippen molar-refractivity contribution in [1.29, 1.82) is 0 Å². The Balaban J connectivity index is 1.54. The van der Waals surface area contributed by atoms with Crippen molar-refractivity contribution in [2.45, 2.75) is 31.5 Å². The van der Waals surface area contributed by atoms with E-state index in [0.29, 0.717) is 50.9 Å². The van der Waals surface area contributed by atoms with Crippen LogP contribution in [0.4, 0.5) is 4.39 Å². The van der Waals surface area contributed by atoms with Gasteiger partial charge in [-0.3, -0.25) is 9.69 Å². The Morgan fingerprint density at radius 1 is 1.26 bits per heavy atom. The van der Waals surface area contributed by atoms with Gasteiger partial charge in [0.15, 0.2) is 0 Å². The molecule has 1 aromatic rings. The van der Waals surface area contributed by atoms with E-state index in [-0.39, 0.29) is 11.7 Å². The van der Waals surface area contributed by atoms with E-state index in [4.69, 9.17) is 0 Å². The van der Waals surface area contributed by atoms with Crippen molar-refractivity contribution in [1.82, 2.24) is 15.1 Å². The maximum Gasteiger partial charge on any atom is 0.236 e. The van der Waals surface area contributed by atoms with Gasteiger partial charge in [0.2, 0.25) is 5.91 Å². The number of β-amino-alcohol motifs (C(OH)–C–C–N with tert-alkyl or cyclic N) is 1. The Hall–Kier alpha value is -1.50. The van der Waals surface area contributed by atoms with E-state index in [1.165, 1.54) is 6.07 Å². The summed E-state index contributed by atoms with van der Waals surface area (Å²) in [5, 5.41) is 13.4. The number of rotatable bonds is 5. The second kappa shape index (κ2) is 7.38. The van der Waals surface area contributed by atoms with Crippen LogP contribution in [0.15, 0.2) is 24.3 Å². The van der Waals surface area contributed by atoms with Crippen molar-refractivity contribution in [2.75, 3.05) is 32.7 Å². The highest BCUT2D eigenvalue weighted by Crippen LogP contribution is 2.18. The highest BCUT2D eigenvalue weighted by molar-refractivity contribution is 5.78. The fourth-order valence-corrected chi connectivity index (χ4v) is 2.92. The quantitative estimate of drug-likeness (QED) is 0.833. The summed E-state index contributed by atoms with van der Waals surface area (Å²) < 4.78 is 13.8. The van der Waals surface area contributed by atoms with Gasteiger partial charge in [0.1, 0.15) is 5.82 Å². The SMILES string of the molecule is O=C(CNC1CC1)N1CCN(Cc2ccccc2F)C[C@@H](O)C1. The molecule has 3 rings (SSSR count). The molecular formula is C17H24FN3O2. The first kappa shape index (κ1) is 16.4. The first-order valence-electron chi connectivity index (χ1n) is 8.27. The van der Waals surface area contributed by atoms with E-state index in [0.717, 1.165) is 12.8 Å². The number of hydrogen-bond donors (Lipinski definition) is 2. The molecule has 6 heteroatoms. The lowest BCUT2D eigenvalue weighted by Gasteiger charge is -2.22. The first-order valence-corrected chi connectivity index (χ1v) is 8.27. The van der Waals surface area contributed by atoms with Crippen LogP contribution in [-0.2, 0) is 11.3 Å². The van der Waals surface area contributed by atoms with Gasteiger partial charge in [-0.1, -0.05) is 18.2 Å². The van der Waals surface area contributed by atoms with Crippen molar-refractivity contribution in [3.8, 4) is 0 Å². The lowest BCUT2D eigenvalue weighted by Crippen LogP contribution is -2.42. The van der Waals surface area contributed by atoms with Crippen LogP contribution >= 0.6 is 0 Å². The zero-order chi connectivity index (χ0) is 16.2. The number of aliphatic hydroxyl groups excluding tert-OH is 1. The van der Waals surface area contributed by atoms with Gasteiger partial charge >= 0.3 is 0 Å². The number of amides is 1. The smallest absolute Gasteiger partial charge is 0.236 e. The Morgan fingerprint density at radius 3 is 2.78 bits per heavy atom. The van der Waals surface area contributed by atoms with Crippen LogP contribution < -0.4 is 5.32 Å². The van der Waals surface area contributed by atoms with Gasteiger partial charge in [-0.2, -0.15) is 0 Å². The predicted molar refractivity (Wildman–Crippen MR) is 85.3 cm³/mol. The minimum absolute atomic E-state index is 0.0312. The molecule has 23 heavy (non-hydrogen) atoms. The highest BCUT2D eigenvalue weighted by Gasteiger charge is 2.26. The summed E-state index contributed by atoms with van der Waals surface area (Å²) in [5.41, 5.74) is 0.620. The number of nitrogens with zero attached hydrogens (tertiary/aromatic N) is 2. The van der Waals surface area contributed by atoms with Crippen LogP contribution in [0, 0.1) is 5.82 Å². The molecule has 0 unspecified atom stereocenters. The van der Waals surface area contributed by atoms with Crippen molar-refractivity contribution in [3.05, 3.63) is 35.6 Å². The molecule has 1 aromatic carbocycles. The Labute approximate surface area is 136 Å². The lowest BCUT2D eigenvalue weighted by atomic mass is 10.2. The van der Waals surface area contributed by atoms with Crippen molar-refractivity contribution < 1.29 is 14.3 Å². The standard InChI is InChI=1S/C17H24FN3O2/c18-16-4-2-1-3-13(16)10-20-7-8-21(12-15(22)11-20)17(23)9-19-14-5-6-14/h1-4,14-15,19,22H,5-12H2/t15-/m1/s1. The van der Waals surface area contributed by atoms with Gasteiger partial charge in [-0.05, 0) is 18.9 Å². The number of hydrogen-bond acceptors (Lipinski definition) is 4. The second-order valence-corrected chi connectivity index (χ2v) is 6.48. The molecule has 1 saturated carbocycles. The fourth-order valence-electron chi connectivity index (χ4n) is 2.92. The largest absolute Gasteiger partial charge is 0.390 e. The van der Waals surface area contributed by atoms with Gasteiger partial charge in [0.25, 0.3) is 0 Å². The monoisotopic (exact) mass is 321 g/mol. The molecule has 1 amide bonds. The zero-order valence-corrected chi connectivity index (χ0v) is 13.2. The summed E-state index contributed by atoms with van der Waals surface area (Å²) in [6.07, 6.45) is 1.69. The molecule has 1 heterocycles. The molecule has 5 nitrogen and oxygen atoms in total. The van der Waals surface area contributed by atoms with Gasteiger partial charge in [-0.25, -0.2) is 4.39 Å². The molecule has 0 radical (unpaired) electrons. The van der Waals surface area contributed by atoms with E-state index in [2.05, 4.69) is 5.32 Å². The van der Waals surface area contributed by atoms with Crippen LogP contribution in [0.3, 0.4) is 0 Å². The maximum absolute atomic E-state index is 13.8. The number of aliphatic hydroxyl groups is 1. The van der Waals surface area contributed by atoms with E-state index >= 15 is 0 Å². The van der Waals surface area contributed by atoms with Gasteiger partial charge in [0, 0.05) is 44.3 Å². The summed E-state index contributed by atoms with van der Waals surface area (Å²) >= 11 is 0. The topological polar surface area (TPSA) is 55.8 Å². The highest BCUT2D eigenvalue weighted by atomic mass is 19.1. The fraction of sp³-hybridized carbons (Fsp3) is 0.588. The molecule has 1 aliphatic heterocycles. The summed E-state index contributed by atoms with van der Waals surface area (Å²) in [4.78, 5) is 15.9. The van der Waals surface area contributed by atoms with Crippen LogP contribution in [0.2, 0.25) is 0 Å². The van der Waals surface area contributed by atoms with Crippen LogP contribution in [-0.4, -0.2) is 65.7 Å². The molecular weight excluding hydrogens is 297 g/mol. The minimum Gasteiger partial charge on any atom is -0.390 e. The van der Waals surface area contributed by atoms with Crippen LogP contribution in [0.25, 0.3) is 0 Å². The average molecular weight is 321 g/mol. The second-order valence-electron chi connectivity index (χ2n) is 6.48. The molecule has 1 aliphatic carbocycles. The van der Waals surface area contributed by atoms with Crippen LogP contribution in [0.1, 0.15) is 18.4 Å². The summed E-state index contributed by atoms with van der Waals surface area (Å²) in [5.74, 6) is -0.198. The molecule has 0 bridgehead atoms. The van der Waals surface area contributed by atoms with Crippen molar-refractivity contribution in [2.24, 2.45) is 0 Å². The molecule has 2 N–H and O–H groups in total. The van der Waals surface area contributed by atoms with Gasteiger partial charge < -0.3 is 15.3 Å². The third kappa shape index (κ3) is 4.73. The normalized spacial score (nSPS) is 22.9. The Morgan fingerprint density at radius 2 is 2.04 bits per heavy atom. The molecule has 0 spiro atoms. The minimum atomic E-state index is -0.603. The zero-order valence-electron chi connectivity index (χ0n) is 13.2. The summed E-state index contributed by atoms with van der Waals surface area (Å²) in [6.45, 7) is 2.79. The first-order chi connectivity index (χ1) is 11.1. The van der Waals surface area contributed by atoms with E-state index in [1.54, 1.807) is 17.0 Å². The van der Waals surface area contributed by atoms with E-state index in [9.17, 15) is 14.3 Å². The molecule has 1 atom stereocenters. The molecule has 1 saturated heterocycles. The lowest BCUT2D eigenvalue weighted by molar-refractivity contribution is -0.131. The number of carbonyl (C=O) groups is 1. The molecule has 126 valence electrons. The molecule has 0 aromatic heterocycles. The maximum atomic E-state index is 13.8. The number of nitrogens with one attached hydrogen (secondary N) is 1. The predicted octanol–water partition coefficient (Wildman–Crippen LogP) is 0.583. The van der Waals surface area contributed by atoms with Gasteiger partial charge in [-0.15, -0.1) is 0 Å². The van der Waals surface area contributed by atoms with E-state index in [1.807, 2.05) is 11.0 Å². The third-order valence-electron chi connectivity index (χ3n) is 4.41. The van der Waals surface area contributed by atoms with Crippen molar-refractivity contribution >= 4 is 5.91 Å². The van der Waals surface area contributed by atoms with E-state index < -0.39 is 6.10 Å². The Bertz CT molecular complexity index is 550. The molecule has 2 aliphatic rings. The number of halogens is 1. The third-order valence-corrected chi connectivity index (χ3v) is 4.41. The summed E-state index contributed by atoms with van der Waals surface area (Å²) in [6, 6.07) is 7.18.